The van der Waals surface area contributed by atoms with E-state index in [9.17, 15) is 14.9 Å². The summed E-state index contributed by atoms with van der Waals surface area (Å²) in [4.78, 5) is 22.4. The van der Waals surface area contributed by atoms with Gasteiger partial charge in [0.15, 0.2) is 5.78 Å². The Hall–Kier alpha value is -1.36. The molecule has 0 amide bonds. The molecule has 16 heavy (non-hydrogen) atoms. The highest BCUT2D eigenvalue weighted by Crippen LogP contribution is 2.29. The van der Waals surface area contributed by atoms with Crippen LogP contribution in [0.1, 0.15) is 16.8 Å². The SMILES string of the molecule is O=C(c1ccccc1[N+](=O)[O-])C1CCSC1. The van der Waals surface area contributed by atoms with Gasteiger partial charge in [-0.15, -0.1) is 0 Å². The molecule has 0 N–H and O–H groups in total. The van der Waals surface area contributed by atoms with Crippen molar-refractivity contribution in [1.29, 1.82) is 0 Å². The average Bonchev–Trinajstić information content (AvgIpc) is 2.81. The van der Waals surface area contributed by atoms with Crippen molar-refractivity contribution in [3.63, 3.8) is 0 Å². The van der Waals surface area contributed by atoms with Crippen molar-refractivity contribution in [2.75, 3.05) is 11.5 Å². The molecule has 0 saturated carbocycles. The zero-order valence-corrected chi connectivity index (χ0v) is 9.40. The molecule has 1 atom stereocenters. The molecule has 0 radical (unpaired) electrons. The number of rotatable bonds is 3. The molecular formula is C11H11NO3S. The molecular weight excluding hydrogens is 226 g/mol. The lowest BCUT2D eigenvalue weighted by atomic mass is 9.96. The maximum Gasteiger partial charge on any atom is 0.280 e. The third kappa shape index (κ3) is 2.09. The van der Waals surface area contributed by atoms with Crippen LogP contribution in [-0.4, -0.2) is 22.2 Å². The third-order valence-electron chi connectivity index (χ3n) is 2.67. The molecule has 2 rings (SSSR count). The van der Waals surface area contributed by atoms with Crippen molar-refractivity contribution in [2.24, 2.45) is 5.92 Å². The van der Waals surface area contributed by atoms with Crippen molar-refractivity contribution < 1.29 is 9.72 Å². The van der Waals surface area contributed by atoms with Crippen LogP contribution in [0.4, 0.5) is 5.69 Å². The largest absolute Gasteiger partial charge is 0.294 e. The van der Waals surface area contributed by atoms with Crippen molar-refractivity contribution in [1.82, 2.24) is 0 Å². The third-order valence-corrected chi connectivity index (χ3v) is 3.83. The van der Waals surface area contributed by atoms with Gasteiger partial charge in [0.25, 0.3) is 5.69 Å². The highest BCUT2D eigenvalue weighted by Gasteiger charge is 2.28. The molecule has 1 heterocycles. The molecule has 1 aromatic carbocycles. The van der Waals surface area contributed by atoms with Crippen molar-refractivity contribution in [2.45, 2.75) is 6.42 Å². The van der Waals surface area contributed by atoms with Gasteiger partial charge in [-0.2, -0.15) is 11.8 Å². The van der Waals surface area contributed by atoms with Gasteiger partial charge in [0, 0.05) is 17.7 Å². The van der Waals surface area contributed by atoms with Crippen LogP contribution in [0.2, 0.25) is 0 Å². The molecule has 0 bridgehead atoms. The van der Waals surface area contributed by atoms with Crippen molar-refractivity contribution in [3.05, 3.63) is 39.9 Å². The summed E-state index contributed by atoms with van der Waals surface area (Å²) in [5, 5.41) is 10.8. The highest BCUT2D eigenvalue weighted by atomic mass is 32.2. The fourth-order valence-electron chi connectivity index (χ4n) is 1.80. The van der Waals surface area contributed by atoms with E-state index in [4.69, 9.17) is 0 Å². The molecule has 1 saturated heterocycles. The maximum atomic E-state index is 12.1. The molecule has 84 valence electrons. The van der Waals surface area contributed by atoms with Crippen LogP contribution < -0.4 is 0 Å². The van der Waals surface area contributed by atoms with Gasteiger partial charge in [0.2, 0.25) is 0 Å². The first-order valence-electron chi connectivity index (χ1n) is 5.05. The van der Waals surface area contributed by atoms with Gasteiger partial charge in [0.1, 0.15) is 0 Å². The number of benzene rings is 1. The zero-order valence-electron chi connectivity index (χ0n) is 8.59. The number of nitro groups is 1. The molecule has 0 aliphatic carbocycles. The van der Waals surface area contributed by atoms with E-state index in [1.165, 1.54) is 6.07 Å². The predicted molar refractivity (Wildman–Crippen MR) is 62.9 cm³/mol. The van der Waals surface area contributed by atoms with Gasteiger partial charge in [0.05, 0.1) is 10.5 Å². The van der Waals surface area contributed by atoms with Gasteiger partial charge in [-0.1, -0.05) is 12.1 Å². The fraction of sp³-hybridized carbons (Fsp3) is 0.364. The molecule has 0 spiro atoms. The van der Waals surface area contributed by atoms with E-state index < -0.39 is 4.92 Å². The molecule has 1 unspecified atom stereocenters. The van der Waals surface area contributed by atoms with E-state index in [0.29, 0.717) is 0 Å². The second-order valence-corrected chi connectivity index (χ2v) is 4.85. The lowest BCUT2D eigenvalue weighted by Gasteiger charge is -2.07. The van der Waals surface area contributed by atoms with Gasteiger partial charge in [-0.25, -0.2) is 0 Å². The number of para-hydroxylation sites is 1. The summed E-state index contributed by atoms with van der Waals surface area (Å²) in [7, 11) is 0. The van der Waals surface area contributed by atoms with Gasteiger partial charge in [-0.3, -0.25) is 14.9 Å². The van der Waals surface area contributed by atoms with Crippen molar-refractivity contribution >= 4 is 23.2 Å². The Labute approximate surface area is 97.2 Å². The second-order valence-electron chi connectivity index (χ2n) is 3.70. The minimum Gasteiger partial charge on any atom is -0.294 e. The Bertz CT molecular complexity index is 427. The van der Waals surface area contributed by atoms with Gasteiger partial charge in [-0.05, 0) is 18.2 Å². The van der Waals surface area contributed by atoms with E-state index >= 15 is 0 Å². The smallest absolute Gasteiger partial charge is 0.280 e. The van der Waals surface area contributed by atoms with E-state index in [0.717, 1.165) is 17.9 Å². The molecule has 1 aromatic rings. The Morgan fingerprint density at radius 2 is 2.19 bits per heavy atom. The average molecular weight is 237 g/mol. The van der Waals surface area contributed by atoms with Crippen LogP contribution in [-0.2, 0) is 0 Å². The number of hydrogen-bond acceptors (Lipinski definition) is 4. The van der Waals surface area contributed by atoms with Gasteiger partial charge < -0.3 is 0 Å². The Kier molecular flexibility index (Phi) is 3.24. The van der Waals surface area contributed by atoms with Crippen LogP contribution in [0.3, 0.4) is 0 Å². The lowest BCUT2D eigenvalue weighted by Crippen LogP contribution is -2.15. The fourth-order valence-corrected chi connectivity index (χ4v) is 3.02. The normalized spacial score (nSPS) is 19.6. The number of ketones is 1. The van der Waals surface area contributed by atoms with Gasteiger partial charge >= 0.3 is 0 Å². The lowest BCUT2D eigenvalue weighted by molar-refractivity contribution is -0.385. The van der Waals surface area contributed by atoms with Crippen LogP contribution in [0.5, 0.6) is 0 Å². The number of thioether (sulfide) groups is 1. The number of nitro benzene ring substituents is 1. The highest BCUT2D eigenvalue weighted by molar-refractivity contribution is 7.99. The monoisotopic (exact) mass is 237 g/mol. The van der Waals surface area contributed by atoms with Crippen molar-refractivity contribution in [3.8, 4) is 0 Å². The van der Waals surface area contributed by atoms with Crippen LogP contribution in [0.25, 0.3) is 0 Å². The second kappa shape index (κ2) is 4.65. The molecule has 0 aromatic heterocycles. The number of carbonyl (C=O) groups is 1. The molecule has 5 heteroatoms. The number of Topliss-reactive ketones (excluding diaryl/α,β-unsaturated/α-hetero) is 1. The maximum absolute atomic E-state index is 12.1. The summed E-state index contributed by atoms with van der Waals surface area (Å²) < 4.78 is 0. The molecule has 1 fully saturated rings. The minimum absolute atomic E-state index is 0.0499. The summed E-state index contributed by atoms with van der Waals surface area (Å²) in [5.41, 5.74) is 0.171. The summed E-state index contributed by atoms with van der Waals surface area (Å²) >= 11 is 1.73. The Balaban J connectivity index is 2.32. The first-order valence-corrected chi connectivity index (χ1v) is 6.21. The predicted octanol–water partition coefficient (Wildman–Crippen LogP) is 2.53. The van der Waals surface area contributed by atoms with E-state index in [1.54, 1.807) is 30.0 Å². The van der Waals surface area contributed by atoms with E-state index in [1.807, 2.05) is 0 Å². The summed E-state index contributed by atoms with van der Waals surface area (Å²) in [6, 6.07) is 6.18. The minimum atomic E-state index is -0.491. The zero-order chi connectivity index (χ0) is 11.5. The number of carbonyl (C=O) groups excluding carboxylic acids is 1. The molecule has 1 aliphatic heterocycles. The summed E-state index contributed by atoms with van der Waals surface area (Å²) in [5.74, 6) is 1.62. The Morgan fingerprint density at radius 3 is 2.81 bits per heavy atom. The molecule has 4 nitrogen and oxygen atoms in total. The quantitative estimate of drug-likeness (QED) is 0.460. The molecule has 1 aliphatic rings. The Morgan fingerprint density at radius 1 is 1.44 bits per heavy atom. The van der Waals surface area contributed by atoms with Crippen LogP contribution in [0.15, 0.2) is 24.3 Å². The first-order chi connectivity index (χ1) is 7.70. The number of hydrogen-bond donors (Lipinski definition) is 0. The number of nitrogens with zero attached hydrogens (tertiary/aromatic N) is 1. The van der Waals surface area contributed by atoms with Crippen LogP contribution in [0, 0.1) is 16.0 Å². The standard InChI is InChI=1S/C11H11NO3S/c13-11(8-5-6-16-7-8)9-3-1-2-4-10(9)12(14)15/h1-4,8H,5-7H2. The first kappa shape index (κ1) is 11.1. The van der Waals surface area contributed by atoms with E-state index in [-0.39, 0.29) is 23.0 Å². The van der Waals surface area contributed by atoms with Crippen LogP contribution >= 0.6 is 11.8 Å². The van der Waals surface area contributed by atoms with E-state index in [2.05, 4.69) is 0 Å². The summed E-state index contributed by atoms with van der Waals surface area (Å²) in [6.45, 7) is 0. The topological polar surface area (TPSA) is 60.2 Å². The summed E-state index contributed by atoms with van der Waals surface area (Å²) in [6.07, 6.45) is 0.829.